The Morgan fingerprint density at radius 1 is 1.33 bits per heavy atom. The Bertz CT molecular complexity index is 656. The van der Waals surface area contributed by atoms with Crippen molar-refractivity contribution in [1.82, 2.24) is 9.78 Å². The zero-order valence-corrected chi connectivity index (χ0v) is 11.2. The lowest BCUT2D eigenvalue weighted by molar-refractivity contribution is -0.141. The summed E-state index contributed by atoms with van der Waals surface area (Å²) in [6.07, 6.45) is 1.52. The van der Waals surface area contributed by atoms with Gasteiger partial charge in [-0.3, -0.25) is 14.8 Å². The van der Waals surface area contributed by atoms with Gasteiger partial charge in [0.25, 0.3) is 0 Å². The van der Waals surface area contributed by atoms with Crippen molar-refractivity contribution in [2.75, 3.05) is 17.7 Å². The lowest BCUT2D eigenvalue weighted by Gasteiger charge is -2.05. The Kier molecular flexibility index (Phi) is 4.50. The molecular formula is C13H13FN4O3. The van der Waals surface area contributed by atoms with E-state index in [1.54, 1.807) is 6.07 Å². The van der Waals surface area contributed by atoms with Crippen LogP contribution in [0.5, 0.6) is 0 Å². The second kappa shape index (κ2) is 6.51. The molecule has 0 aliphatic carbocycles. The first-order valence-corrected chi connectivity index (χ1v) is 6.00. The molecule has 0 spiro atoms. The van der Waals surface area contributed by atoms with E-state index in [0.717, 1.165) is 0 Å². The van der Waals surface area contributed by atoms with Crippen LogP contribution >= 0.6 is 0 Å². The minimum Gasteiger partial charge on any atom is -0.468 e. The van der Waals surface area contributed by atoms with Gasteiger partial charge < -0.3 is 10.1 Å². The number of nitrogens with zero attached hydrogens (tertiary/aromatic N) is 2. The molecule has 1 heterocycles. The molecule has 110 valence electrons. The number of anilines is 2. The number of hydrogen-bond donors (Lipinski definition) is 2. The van der Waals surface area contributed by atoms with Gasteiger partial charge in [0.15, 0.2) is 5.82 Å². The molecule has 8 heteroatoms. The second-order valence-electron chi connectivity index (χ2n) is 4.06. The summed E-state index contributed by atoms with van der Waals surface area (Å²) in [6, 6.07) is 6.46. The van der Waals surface area contributed by atoms with Crippen molar-refractivity contribution in [2.45, 2.75) is 6.54 Å². The van der Waals surface area contributed by atoms with Crippen molar-refractivity contribution < 1.29 is 18.7 Å². The van der Waals surface area contributed by atoms with E-state index in [1.165, 1.54) is 42.3 Å². The highest BCUT2D eigenvalue weighted by molar-refractivity contribution is 5.99. The maximum Gasteiger partial charge on any atom is 0.327 e. The van der Waals surface area contributed by atoms with Gasteiger partial charge in [-0.1, -0.05) is 6.07 Å². The highest BCUT2D eigenvalue weighted by Crippen LogP contribution is 2.10. The molecule has 21 heavy (non-hydrogen) atoms. The van der Waals surface area contributed by atoms with Crippen LogP contribution < -0.4 is 10.6 Å². The third kappa shape index (κ3) is 4.30. The number of halogens is 1. The molecule has 7 nitrogen and oxygen atoms in total. The van der Waals surface area contributed by atoms with Crippen LogP contribution in [0.15, 0.2) is 36.5 Å². The van der Waals surface area contributed by atoms with E-state index >= 15 is 0 Å². The molecule has 1 aromatic carbocycles. The molecule has 2 N–H and O–H groups in total. The van der Waals surface area contributed by atoms with Gasteiger partial charge in [0.1, 0.15) is 12.4 Å². The largest absolute Gasteiger partial charge is 0.468 e. The Labute approximate surface area is 119 Å². The zero-order chi connectivity index (χ0) is 15.2. The number of carbonyl (C=O) groups is 2. The summed E-state index contributed by atoms with van der Waals surface area (Å²) < 4.78 is 18.8. The predicted octanol–water partition coefficient (Wildman–Crippen LogP) is 1.84. The molecule has 1 aromatic heterocycles. The third-order valence-corrected chi connectivity index (χ3v) is 2.48. The number of hydrogen-bond acceptors (Lipinski definition) is 4. The van der Waals surface area contributed by atoms with Crippen LogP contribution in [0.1, 0.15) is 0 Å². The summed E-state index contributed by atoms with van der Waals surface area (Å²) in [6.45, 7) is -0.0519. The Morgan fingerprint density at radius 2 is 2.14 bits per heavy atom. The first-order chi connectivity index (χ1) is 10.1. The number of carbonyl (C=O) groups excluding carboxylic acids is 2. The van der Waals surface area contributed by atoms with Crippen LogP contribution in [0.4, 0.5) is 20.7 Å². The fourth-order valence-corrected chi connectivity index (χ4v) is 1.56. The zero-order valence-electron chi connectivity index (χ0n) is 11.2. The van der Waals surface area contributed by atoms with Gasteiger partial charge in [-0.15, -0.1) is 0 Å². The molecule has 0 aliphatic rings. The van der Waals surface area contributed by atoms with Crippen LogP contribution in [0.2, 0.25) is 0 Å². The number of ether oxygens (including phenoxy) is 1. The number of aromatic nitrogens is 2. The molecule has 0 radical (unpaired) electrons. The van der Waals surface area contributed by atoms with Crippen LogP contribution in [0.3, 0.4) is 0 Å². The number of esters is 1. The summed E-state index contributed by atoms with van der Waals surface area (Å²) in [5, 5.41) is 8.89. The number of rotatable bonds is 4. The lowest BCUT2D eigenvalue weighted by Crippen LogP contribution is -2.20. The van der Waals surface area contributed by atoms with E-state index in [0.29, 0.717) is 5.69 Å². The molecule has 0 fully saturated rings. The monoisotopic (exact) mass is 292 g/mol. The Hall–Kier alpha value is -2.90. The van der Waals surface area contributed by atoms with Crippen molar-refractivity contribution in [2.24, 2.45) is 0 Å². The quantitative estimate of drug-likeness (QED) is 0.842. The van der Waals surface area contributed by atoms with Gasteiger partial charge in [-0.25, -0.2) is 9.18 Å². The minimum atomic E-state index is -0.566. The molecule has 2 rings (SSSR count). The molecule has 0 saturated heterocycles. The van der Waals surface area contributed by atoms with E-state index in [9.17, 15) is 14.0 Å². The van der Waals surface area contributed by atoms with Gasteiger partial charge in [0, 0.05) is 18.0 Å². The Morgan fingerprint density at radius 3 is 2.86 bits per heavy atom. The maximum absolute atomic E-state index is 13.0. The highest BCUT2D eigenvalue weighted by Gasteiger charge is 2.08. The normalized spacial score (nSPS) is 10.0. The topological polar surface area (TPSA) is 85.2 Å². The number of benzene rings is 1. The van der Waals surface area contributed by atoms with Crippen LogP contribution in [0, 0.1) is 5.82 Å². The first-order valence-electron chi connectivity index (χ1n) is 6.00. The predicted molar refractivity (Wildman–Crippen MR) is 73.3 cm³/mol. The first kappa shape index (κ1) is 14.5. The molecular weight excluding hydrogens is 279 g/mol. The highest BCUT2D eigenvalue weighted by atomic mass is 19.1. The summed E-state index contributed by atoms with van der Waals surface area (Å²) >= 11 is 0. The van der Waals surface area contributed by atoms with E-state index in [1.807, 2.05) is 0 Å². The molecule has 0 atom stereocenters. The number of amides is 2. The van der Waals surface area contributed by atoms with E-state index in [2.05, 4.69) is 20.5 Å². The molecule has 2 aromatic rings. The van der Waals surface area contributed by atoms with Crippen LogP contribution in [-0.4, -0.2) is 28.9 Å². The summed E-state index contributed by atoms with van der Waals surface area (Å²) in [4.78, 5) is 22.8. The van der Waals surface area contributed by atoms with Crippen molar-refractivity contribution in [3.63, 3.8) is 0 Å². The molecule has 0 bridgehead atoms. The van der Waals surface area contributed by atoms with Gasteiger partial charge in [-0.2, -0.15) is 5.10 Å². The number of urea groups is 1. The fraction of sp³-hybridized carbons (Fsp3) is 0.154. The van der Waals surface area contributed by atoms with Gasteiger partial charge in [0.05, 0.1) is 7.11 Å². The molecule has 2 amide bonds. The van der Waals surface area contributed by atoms with Crippen LogP contribution in [-0.2, 0) is 16.1 Å². The minimum absolute atomic E-state index is 0.0519. The van der Waals surface area contributed by atoms with E-state index < -0.39 is 17.8 Å². The van der Waals surface area contributed by atoms with Crippen molar-refractivity contribution in [3.05, 3.63) is 42.3 Å². The average molecular weight is 292 g/mol. The average Bonchev–Trinajstić information content (AvgIpc) is 2.85. The smallest absolute Gasteiger partial charge is 0.327 e. The van der Waals surface area contributed by atoms with Crippen molar-refractivity contribution in [1.29, 1.82) is 0 Å². The summed E-state index contributed by atoms with van der Waals surface area (Å²) in [7, 11) is 1.28. The molecule has 0 aliphatic heterocycles. The summed E-state index contributed by atoms with van der Waals surface area (Å²) in [5.74, 6) is -0.642. The summed E-state index contributed by atoms with van der Waals surface area (Å²) in [5.41, 5.74) is 0.321. The van der Waals surface area contributed by atoms with E-state index in [4.69, 9.17) is 0 Å². The third-order valence-electron chi connectivity index (χ3n) is 2.48. The Balaban J connectivity index is 1.92. The number of nitrogens with one attached hydrogen (secondary N) is 2. The van der Waals surface area contributed by atoms with Gasteiger partial charge >= 0.3 is 12.0 Å². The van der Waals surface area contributed by atoms with Gasteiger partial charge in [-0.05, 0) is 18.2 Å². The fourth-order valence-electron chi connectivity index (χ4n) is 1.56. The van der Waals surface area contributed by atoms with Crippen molar-refractivity contribution in [3.8, 4) is 0 Å². The van der Waals surface area contributed by atoms with Crippen molar-refractivity contribution >= 4 is 23.5 Å². The number of methoxy groups -OCH3 is 1. The SMILES string of the molecule is COC(=O)Cn1ccc(NC(=O)Nc2cccc(F)c2)n1. The standard InChI is InChI=1S/C13H13FN4O3/c1-21-12(19)8-18-6-5-11(17-18)16-13(20)15-10-4-2-3-9(14)7-10/h2-7H,8H2,1H3,(H2,15,16,17,20). The second-order valence-corrected chi connectivity index (χ2v) is 4.06. The van der Waals surface area contributed by atoms with Crippen LogP contribution in [0.25, 0.3) is 0 Å². The van der Waals surface area contributed by atoms with E-state index in [-0.39, 0.29) is 12.4 Å². The molecule has 0 unspecified atom stereocenters. The van der Waals surface area contributed by atoms with Gasteiger partial charge in [0.2, 0.25) is 0 Å². The lowest BCUT2D eigenvalue weighted by atomic mass is 10.3. The maximum atomic E-state index is 13.0. The molecule has 0 saturated carbocycles.